The Morgan fingerprint density at radius 2 is 2.11 bits per heavy atom. The molecule has 1 heterocycles. The summed E-state index contributed by atoms with van der Waals surface area (Å²) in [4.78, 5) is 0.405. The van der Waals surface area contributed by atoms with Crippen LogP contribution < -0.4 is 0 Å². The molecule has 1 fully saturated rings. The van der Waals surface area contributed by atoms with E-state index in [0.29, 0.717) is 17.1 Å². The summed E-state index contributed by atoms with van der Waals surface area (Å²) in [5, 5.41) is 8.44. The van der Waals surface area contributed by atoms with Crippen LogP contribution in [0.4, 0.5) is 0 Å². The Kier molecular flexibility index (Phi) is 1.70. The van der Waals surface area contributed by atoms with Crippen molar-refractivity contribution >= 4 is 10.6 Å². The molecule has 0 spiro atoms. The molecule has 1 rings (SSSR count). The minimum absolute atomic E-state index is 0.405. The average Bonchev–Trinajstić information content (AvgIpc) is 2.08. The van der Waals surface area contributed by atoms with Gasteiger partial charge in [0.2, 0.25) is 0 Å². The number of aliphatic hydroxyl groups excluding tert-OH is 1. The third-order valence-electron chi connectivity index (χ3n) is 1.42. The number of hydrogen-bond donors (Lipinski definition) is 3. The van der Waals surface area contributed by atoms with E-state index in [1.807, 2.05) is 0 Å². The molecule has 0 aromatic rings. The minimum atomic E-state index is -2.53. The summed E-state index contributed by atoms with van der Waals surface area (Å²) in [5.74, 6) is 0.416. The Balaban J connectivity index is 2.75. The molecule has 1 aliphatic heterocycles. The van der Waals surface area contributed by atoms with Crippen LogP contribution in [0.2, 0.25) is 0 Å². The lowest BCUT2D eigenvalue weighted by atomic mass is 10.3. The maximum Gasteiger partial charge on any atom is 0.0980 e. The predicted molar refractivity (Wildman–Crippen MR) is 37.7 cm³/mol. The zero-order valence-electron chi connectivity index (χ0n) is 4.95. The fourth-order valence-electron chi connectivity index (χ4n) is 0.891. The molecule has 0 aliphatic carbocycles. The summed E-state index contributed by atoms with van der Waals surface area (Å²) >= 11 is 0. The normalized spacial score (nSPS) is 32.9. The highest BCUT2D eigenvalue weighted by Gasteiger charge is 2.24. The Bertz CT molecular complexity index is 141. The van der Waals surface area contributed by atoms with Crippen LogP contribution in [0.5, 0.6) is 0 Å². The summed E-state index contributed by atoms with van der Waals surface area (Å²) in [6, 6.07) is 0. The first-order valence-corrected chi connectivity index (χ1v) is 4.47. The van der Waals surface area contributed by atoms with E-state index in [0.717, 1.165) is 12.7 Å². The van der Waals surface area contributed by atoms with Gasteiger partial charge in [-0.15, -0.1) is 0 Å². The van der Waals surface area contributed by atoms with Crippen LogP contribution in [0.3, 0.4) is 0 Å². The van der Waals surface area contributed by atoms with Crippen LogP contribution in [-0.2, 0) is 0 Å². The highest BCUT2D eigenvalue weighted by Crippen LogP contribution is 2.55. The standard InChI is InChI=1S/C5H10O3S/c6-4-5-2-1-3-9(5,7)8/h4,6-8H,1-3H2/b5-4-. The van der Waals surface area contributed by atoms with Crippen LogP contribution in [0.1, 0.15) is 12.8 Å². The molecule has 54 valence electrons. The van der Waals surface area contributed by atoms with E-state index < -0.39 is 10.6 Å². The Labute approximate surface area is 55.4 Å². The van der Waals surface area contributed by atoms with Crippen molar-refractivity contribution in [3.05, 3.63) is 11.2 Å². The molecule has 1 aliphatic rings. The molecule has 0 aromatic heterocycles. The number of hydrogen-bond acceptors (Lipinski definition) is 3. The third-order valence-corrected chi connectivity index (χ3v) is 3.42. The van der Waals surface area contributed by atoms with Gasteiger partial charge in [-0.2, -0.15) is 10.6 Å². The van der Waals surface area contributed by atoms with Crippen LogP contribution in [0, 0.1) is 0 Å². The smallest absolute Gasteiger partial charge is 0.0980 e. The van der Waals surface area contributed by atoms with Crippen molar-refractivity contribution in [2.75, 3.05) is 5.75 Å². The summed E-state index contributed by atoms with van der Waals surface area (Å²) in [7, 11) is -2.53. The second kappa shape index (κ2) is 2.21. The Hall–Kier alpha value is -0.190. The fraction of sp³-hybridized carbons (Fsp3) is 0.600. The van der Waals surface area contributed by atoms with Gasteiger partial charge in [0.25, 0.3) is 0 Å². The van der Waals surface area contributed by atoms with Crippen LogP contribution in [0.15, 0.2) is 11.2 Å². The summed E-state index contributed by atoms with van der Waals surface area (Å²) < 4.78 is 18.1. The molecule has 9 heavy (non-hydrogen) atoms. The van der Waals surface area contributed by atoms with Gasteiger partial charge < -0.3 is 5.11 Å². The van der Waals surface area contributed by atoms with Crippen molar-refractivity contribution in [1.29, 1.82) is 0 Å². The monoisotopic (exact) mass is 150 g/mol. The molecule has 0 atom stereocenters. The topological polar surface area (TPSA) is 60.7 Å². The molecular formula is C5H10O3S. The Morgan fingerprint density at radius 1 is 1.44 bits per heavy atom. The summed E-state index contributed by atoms with van der Waals surface area (Å²) in [6.07, 6.45) is 2.22. The van der Waals surface area contributed by atoms with Gasteiger partial charge in [0.1, 0.15) is 0 Å². The molecule has 3 N–H and O–H groups in total. The van der Waals surface area contributed by atoms with Gasteiger partial charge in [-0.25, -0.2) is 0 Å². The van der Waals surface area contributed by atoms with Crippen molar-refractivity contribution in [1.82, 2.24) is 0 Å². The largest absolute Gasteiger partial charge is 0.514 e. The Morgan fingerprint density at radius 3 is 2.33 bits per heavy atom. The highest BCUT2D eigenvalue weighted by atomic mass is 32.3. The van der Waals surface area contributed by atoms with E-state index in [1.54, 1.807) is 0 Å². The lowest BCUT2D eigenvalue weighted by molar-refractivity contribution is 0.462. The van der Waals surface area contributed by atoms with Gasteiger partial charge in [0.15, 0.2) is 0 Å². The lowest BCUT2D eigenvalue weighted by Gasteiger charge is -2.26. The second-order valence-corrected chi connectivity index (χ2v) is 4.34. The molecule has 0 saturated carbocycles. The van der Waals surface area contributed by atoms with E-state index in [9.17, 15) is 0 Å². The van der Waals surface area contributed by atoms with E-state index in [-0.39, 0.29) is 0 Å². The zero-order valence-corrected chi connectivity index (χ0v) is 5.77. The third kappa shape index (κ3) is 1.20. The molecule has 0 radical (unpaired) electrons. The van der Waals surface area contributed by atoms with Gasteiger partial charge in [0, 0.05) is 5.75 Å². The number of allylic oxidation sites excluding steroid dienone is 1. The van der Waals surface area contributed by atoms with E-state index in [1.165, 1.54) is 0 Å². The minimum Gasteiger partial charge on any atom is -0.514 e. The van der Waals surface area contributed by atoms with E-state index >= 15 is 0 Å². The van der Waals surface area contributed by atoms with Crippen molar-refractivity contribution in [3.63, 3.8) is 0 Å². The van der Waals surface area contributed by atoms with Crippen LogP contribution in [0.25, 0.3) is 0 Å². The summed E-state index contributed by atoms with van der Waals surface area (Å²) in [5.41, 5.74) is 0. The molecular weight excluding hydrogens is 140 g/mol. The van der Waals surface area contributed by atoms with Gasteiger partial charge in [0.05, 0.1) is 11.2 Å². The lowest BCUT2D eigenvalue weighted by Crippen LogP contribution is -1.95. The molecule has 0 aromatic carbocycles. The molecule has 0 amide bonds. The maximum absolute atomic E-state index is 9.06. The van der Waals surface area contributed by atoms with Crippen molar-refractivity contribution in [3.8, 4) is 0 Å². The first-order valence-electron chi connectivity index (χ1n) is 2.76. The molecule has 3 nitrogen and oxygen atoms in total. The van der Waals surface area contributed by atoms with Gasteiger partial charge in [-0.3, -0.25) is 9.11 Å². The second-order valence-electron chi connectivity index (χ2n) is 2.07. The number of aliphatic hydroxyl groups is 1. The zero-order chi connectivity index (χ0) is 6.91. The van der Waals surface area contributed by atoms with Crippen molar-refractivity contribution in [2.24, 2.45) is 0 Å². The predicted octanol–water partition coefficient (Wildman–Crippen LogP) is 1.93. The van der Waals surface area contributed by atoms with E-state index in [4.69, 9.17) is 14.2 Å². The van der Waals surface area contributed by atoms with Crippen molar-refractivity contribution in [2.45, 2.75) is 12.8 Å². The van der Waals surface area contributed by atoms with Gasteiger partial charge >= 0.3 is 0 Å². The first-order chi connectivity index (χ1) is 4.17. The summed E-state index contributed by atoms with van der Waals surface area (Å²) in [6.45, 7) is 0. The molecule has 0 bridgehead atoms. The average molecular weight is 150 g/mol. The van der Waals surface area contributed by atoms with Gasteiger partial charge in [-0.05, 0) is 12.8 Å². The quantitative estimate of drug-likeness (QED) is 0.462. The SMILES string of the molecule is O/C=C1/CCCS1(O)O. The first kappa shape index (κ1) is 6.92. The molecule has 1 saturated heterocycles. The maximum atomic E-state index is 9.06. The van der Waals surface area contributed by atoms with Gasteiger partial charge in [-0.1, -0.05) is 0 Å². The highest BCUT2D eigenvalue weighted by molar-refractivity contribution is 8.27. The van der Waals surface area contributed by atoms with Crippen LogP contribution >= 0.6 is 10.6 Å². The molecule has 0 unspecified atom stereocenters. The number of rotatable bonds is 0. The fourth-order valence-corrected chi connectivity index (χ4v) is 2.34. The molecule has 4 heteroatoms. The van der Waals surface area contributed by atoms with E-state index in [2.05, 4.69) is 0 Å². The van der Waals surface area contributed by atoms with Crippen LogP contribution in [-0.4, -0.2) is 20.0 Å². The van der Waals surface area contributed by atoms with Crippen molar-refractivity contribution < 1.29 is 14.2 Å².